The molecule has 2 heterocycles. The second kappa shape index (κ2) is 4.43. The third-order valence-electron chi connectivity index (χ3n) is 3.92. The molecule has 1 aliphatic rings. The molecule has 1 saturated carbocycles. The van der Waals surface area contributed by atoms with Crippen molar-refractivity contribution in [1.29, 1.82) is 0 Å². The Morgan fingerprint density at radius 3 is 2.78 bits per heavy atom. The van der Waals surface area contributed by atoms with Gasteiger partial charge in [0.2, 0.25) is 5.95 Å². The number of hydrogen-bond acceptors (Lipinski definition) is 3. The quantitative estimate of drug-likeness (QED) is 0.859. The molecule has 2 N–H and O–H groups in total. The van der Waals surface area contributed by atoms with E-state index in [-0.39, 0.29) is 0 Å². The molecule has 0 bridgehead atoms. The number of halogens is 1. The van der Waals surface area contributed by atoms with E-state index >= 15 is 0 Å². The first-order valence-corrected chi connectivity index (χ1v) is 6.81. The summed E-state index contributed by atoms with van der Waals surface area (Å²) in [4.78, 5) is 8.34. The van der Waals surface area contributed by atoms with E-state index in [1.807, 2.05) is 6.20 Å². The molecule has 3 rings (SSSR count). The van der Waals surface area contributed by atoms with Crippen LogP contribution in [0, 0.1) is 5.92 Å². The van der Waals surface area contributed by atoms with Crippen LogP contribution in [0.1, 0.15) is 38.6 Å². The van der Waals surface area contributed by atoms with E-state index in [0.717, 1.165) is 17.0 Å². The van der Waals surface area contributed by atoms with E-state index < -0.39 is 0 Å². The summed E-state index contributed by atoms with van der Waals surface area (Å²) in [5, 5.41) is 1.60. The monoisotopic (exact) mass is 264 g/mol. The molecule has 0 aromatic carbocycles. The van der Waals surface area contributed by atoms with E-state index in [1.165, 1.54) is 25.7 Å². The SMILES string of the molecule is CC1CCC(n2cc(Cl)c3cnc(N)nc32)CC1. The van der Waals surface area contributed by atoms with E-state index in [1.54, 1.807) is 6.20 Å². The van der Waals surface area contributed by atoms with Crippen LogP contribution in [-0.4, -0.2) is 14.5 Å². The van der Waals surface area contributed by atoms with Gasteiger partial charge in [0.1, 0.15) is 5.65 Å². The zero-order valence-corrected chi connectivity index (χ0v) is 11.2. The van der Waals surface area contributed by atoms with Crippen LogP contribution in [0.15, 0.2) is 12.4 Å². The third-order valence-corrected chi connectivity index (χ3v) is 4.22. The molecule has 1 aliphatic carbocycles. The van der Waals surface area contributed by atoms with Crippen LogP contribution >= 0.6 is 11.6 Å². The highest BCUT2D eigenvalue weighted by Gasteiger charge is 2.22. The van der Waals surface area contributed by atoms with Crippen LogP contribution in [-0.2, 0) is 0 Å². The lowest BCUT2D eigenvalue weighted by Crippen LogP contribution is -2.16. The Kier molecular flexibility index (Phi) is 2.90. The molecule has 2 aromatic rings. The van der Waals surface area contributed by atoms with Crippen LogP contribution in [0.3, 0.4) is 0 Å². The van der Waals surface area contributed by atoms with Crippen molar-refractivity contribution in [2.24, 2.45) is 5.92 Å². The van der Waals surface area contributed by atoms with Crippen LogP contribution < -0.4 is 5.73 Å². The zero-order chi connectivity index (χ0) is 12.7. The second-order valence-corrected chi connectivity index (χ2v) is 5.67. The van der Waals surface area contributed by atoms with Crippen LogP contribution in [0.2, 0.25) is 5.02 Å². The van der Waals surface area contributed by atoms with Gasteiger partial charge in [-0.05, 0) is 31.6 Å². The molecular formula is C13H17ClN4. The fraction of sp³-hybridized carbons (Fsp3) is 0.538. The number of nitrogens with zero attached hydrogens (tertiary/aromatic N) is 3. The average molecular weight is 265 g/mol. The molecule has 5 heteroatoms. The van der Waals surface area contributed by atoms with Crippen LogP contribution in [0.4, 0.5) is 5.95 Å². The van der Waals surface area contributed by atoms with E-state index in [0.29, 0.717) is 17.0 Å². The molecule has 0 saturated heterocycles. The lowest BCUT2D eigenvalue weighted by Gasteiger charge is -2.27. The summed E-state index contributed by atoms with van der Waals surface area (Å²) in [5.74, 6) is 1.14. The van der Waals surface area contributed by atoms with Crippen molar-refractivity contribution in [1.82, 2.24) is 14.5 Å². The van der Waals surface area contributed by atoms with Crippen LogP contribution in [0.25, 0.3) is 11.0 Å². The van der Waals surface area contributed by atoms with Gasteiger partial charge >= 0.3 is 0 Å². The smallest absolute Gasteiger partial charge is 0.221 e. The minimum Gasteiger partial charge on any atom is -0.368 e. The lowest BCUT2D eigenvalue weighted by molar-refractivity contribution is 0.294. The Labute approximate surface area is 111 Å². The molecule has 4 nitrogen and oxygen atoms in total. The molecule has 0 atom stereocenters. The first-order valence-electron chi connectivity index (χ1n) is 6.43. The molecule has 96 valence electrons. The number of nitrogen functional groups attached to an aromatic ring is 1. The minimum absolute atomic E-state index is 0.308. The minimum atomic E-state index is 0.308. The molecule has 1 fully saturated rings. The number of nitrogens with two attached hydrogens (primary N) is 1. The maximum atomic E-state index is 6.24. The number of hydrogen-bond donors (Lipinski definition) is 1. The number of aromatic nitrogens is 3. The van der Waals surface area contributed by atoms with Gasteiger partial charge in [-0.2, -0.15) is 4.98 Å². The number of rotatable bonds is 1. The standard InChI is InChI=1S/C13H17ClN4/c1-8-2-4-9(5-3-8)18-7-11(14)10-6-16-13(15)17-12(10)18/h6-9H,2-5H2,1H3,(H2,15,16,17). The number of fused-ring (bicyclic) bond motifs is 1. The summed E-state index contributed by atoms with van der Waals surface area (Å²) in [6.45, 7) is 2.32. The average Bonchev–Trinajstić information content (AvgIpc) is 2.67. The summed E-state index contributed by atoms with van der Waals surface area (Å²) in [5.41, 5.74) is 6.54. The Bertz CT molecular complexity index is 570. The van der Waals surface area contributed by atoms with Crippen LogP contribution in [0.5, 0.6) is 0 Å². The summed E-state index contributed by atoms with van der Waals surface area (Å²) < 4.78 is 2.18. The predicted octanol–water partition coefficient (Wildman–Crippen LogP) is 3.42. The Hall–Kier alpha value is -1.29. The Morgan fingerprint density at radius 2 is 2.06 bits per heavy atom. The van der Waals surface area contributed by atoms with Crippen molar-refractivity contribution in [3.8, 4) is 0 Å². The van der Waals surface area contributed by atoms with Gasteiger partial charge in [-0.25, -0.2) is 4.98 Å². The zero-order valence-electron chi connectivity index (χ0n) is 10.4. The summed E-state index contributed by atoms with van der Waals surface area (Å²) in [7, 11) is 0. The van der Waals surface area contributed by atoms with Crippen molar-refractivity contribution >= 4 is 28.6 Å². The Balaban J connectivity index is 2.03. The van der Waals surface area contributed by atoms with Gasteiger partial charge in [-0.3, -0.25) is 0 Å². The molecule has 0 spiro atoms. The second-order valence-electron chi connectivity index (χ2n) is 5.26. The fourth-order valence-corrected chi connectivity index (χ4v) is 3.04. The highest BCUT2D eigenvalue weighted by molar-refractivity contribution is 6.35. The predicted molar refractivity (Wildman–Crippen MR) is 73.6 cm³/mol. The van der Waals surface area contributed by atoms with E-state index in [2.05, 4.69) is 21.5 Å². The van der Waals surface area contributed by atoms with Gasteiger partial charge in [0.15, 0.2) is 0 Å². The highest BCUT2D eigenvalue weighted by Crippen LogP contribution is 2.36. The fourth-order valence-electron chi connectivity index (χ4n) is 2.80. The van der Waals surface area contributed by atoms with Gasteiger partial charge in [0.05, 0.1) is 10.4 Å². The first kappa shape index (κ1) is 11.8. The van der Waals surface area contributed by atoms with Crippen molar-refractivity contribution in [3.05, 3.63) is 17.4 Å². The lowest BCUT2D eigenvalue weighted by atomic mass is 9.87. The topological polar surface area (TPSA) is 56.7 Å². The molecule has 0 radical (unpaired) electrons. The van der Waals surface area contributed by atoms with Crippen molar-refractivity contribution in [3.63, 3.8) is 0 Å². The van der Waals surface area contributed by atoms with Crippen molar-refractivity contribution in [2.45, 2.75) is 38.6 Å². The van der Waals surface area contributed by atoms with E-state index in [4.69, 9.17) is 17.3 Å². The molecule has 18 heavy (non-hydrogen) atoms. The largest absolute Gasteiger partial charge is 0.368 e. The molecular weight excluding hydrogens is 248 g/mol. The summed E-state index contributed by atoms with van der Waals surface area (Å²) >= 11 is 6.24. The maximum absolute atomic E-state index is 6.24. The van der Waals surface area contributed by atoms with Crippen molar-refractivity contribution < 1.29 is 0 Å². The van der Waals surface area contributed by atoms with Gasteiger partial charge in [0, 0.05) is 18.4 Å². The summed E-state index contributed by atoms with van der Waals surface area (Å²) in [6, 6.07) is 0.491. The highest BCUT2D eigenvalue weighted by atomic mass is 35.5. The van der Waals surface area contributed by atoms with Gasteiger partial charge in [-0.15, -0.1) is 0 Å². The summed E-state index contributed by atoms with van der Waals surface area (Å²) in [6.07, 6.45) is 8.59. The Morgan fingerprint density at radius 1 is 1.33 bits per heavy atom. The molecule has 2 aromatic heterocycles. The molecule has 0 unspecified atom stereocenters. The van der Waals surface area contributed by atoms with Crippen molar-refractivity contribution in [2.75, 3.05) is 5.73 Å². The molecule has 0 aliphatic heterocycles. The first-order chi connectivity index (χ1) is 8.65. The van der Waals surface area contributed by atoms with E-state index in [9.17, 15) is 0 Å². The van der Waals surface area contributed by atoms with Gasteiger partial charge in [0.25, 0.3) is 0 Å². The third kappa shape index (κ3) is 1.94. The maximum Gasteiger partial charge on any atom is 0.221 e. The van der Waals surface area contributed by atoms with Gasteiger partial charge < -0.3 is 10.3 Å². The normalized spacial score (nSPS) is 24.6. The molecule has 0 amide bonds. The number of anilines is 1. The van der Waals surface area contributed by atoms with Gasteiger partial charge in [-0.1, -0.05) is 18.5 Å².